The Morgan fingerprint density at radius 1 is 1.12 bits per heavy atom. The number of benzene rings is 2. The number of aryl methyl sites for hydroxylation is 2. The van der Waals surface area contributed by atoms with E-state index in [1.165, 1.54) is 4.90 Å². The third-order valence-electron chi connectivity index (χ3n) is 9.17. The van der Waals surface area contributed by atoms with Crippen molar-refractivity contribution in [3.05, 3.63) is 69.8 Å². The van der Waals surface area contributed by atoms with Gasteiger partial charge in [-0.3, -0.25) is 19.2 Å². The molecule has 14 heteroatoms. The van der Waals surface area contributed by atoms with Crippen LogP contribution in [0.1, 0.15) is 82.7 Å². The minimum Gasteiger partial charge on any atom is -0.490 e. The molecule has 2 heterocycles. The second-order valence-corrected chi connectivity index (χ2v) is 15.8. The van der Waals surface area contributed by atoms with Gasteiger partial charge in [0.1, 0.15) is 24.4 Å². The highest BCUT2D eigenvalue weighted by atomic mass is 35.5. The molecule has 1 aliphatic rings. The van der Waals surface area contributed by atoms with Crippen LogP contribution < -0.4 is 26.8 Å². The Morgan fingerprint density at radius 3 is 2.46 bits per heavy atom. The summed E-state index contributed by atoms with van der Waals surface area (Å²) in [5.74, 6) is -1.07. The molecule has 1 saturated heterocycles. The van der Waals surface area contributed by atoms with E-state index in [1.54, 1.807) is 23.5 Å². The van der Waals surface area contributed by atoms with Crippen molar-refractivity contribution in [1.82, 2.24) is 20.5 Å². The molecule has 1 fully saturated rings. The fourth-order valence-corrected chi connectivity index (χ4v) is 7.24. The first-order chi connectivity index (χ1) is 24.5. The summed E-state index contributed by atoms with van der Waals surface area (Å²) in [5, 5.41) is 16.9. The number of halogens is 1. The van der Waals surface area contributed by atoms with Crippen molar-refractivity contribution in [2.24, 2.45) is 16.9 Å². The predicted octanol–water partition coefficient (Wildman–Crippen LogP) is 4.44. The molecular weight excluding hydrogens is 704 g/mol. The highest BCUT2D eigenvalue weighted by Gasteiger charge is 2.44. The number of carbonyl (C=O) groups excluding carboxylic acids is 4. The topological polar surface area (TPSA) is 190 Å². The van der Waals surface area contributed by atoms with Crippen molar-refractivity contribution in [2.75, 3.05) is 13.2 Å². The molecule has 4 amide bonds. The third kappa shape index (κ3) is 11.0. The largest absolute Gasteiger partial charge is 0.490 e. The van der Waals surface area contributed by atoms with Crippen LogP contribution in [0.5, 0.6) is 5.75 Å². The molecular formula is C38H51ClN6O6S. The van der Waals surface area contributed by atoms with Crippen LogP contribution in [-0.4, -0.2) is 76.0 Å². The summed E-state index contributed by atoms with van der Waals surface area (Å²) in [6.07, 6.45) is 0.860. The third-order valence-corrected chi connectivity index (χ3v) is 10.6. The number of ether oxygens (including phenoxy) is 1. The molecule has 0 spiro atoms. The molecule has 12 nitrogen and oxygen atoms in total. The van der Waals surface area contributed by atoms with Gasteiger partial charge < -0.3 is 36.8 Å². The quantitative estimate of drug-likeness (QED) is 0.142. The number of aromatic nitrogens is 1. The summed E-state index contributed by atoms with van der Waals surface area (Å²) < 4.78 is 5.78. The summed E-state index contributed by atoms with van der Waals surface area (Å²) >= 11 is 8.17. The Hall–Kier alpha value is -4.04. The molecule has 4 rings (SSSR count). The highest BCUT2D eigenvalue weighted by molar-refractivity contribution is 7.13. The normalized spacial score (nSPS) is 17.7. The van der Waals surface area contributed by atoms with E-state index in [1.807, 2.05) is 70.5 Å². The van der Waals surface area contributed by atoms with E-state index in [9.17, 15) is 24.3 Å². The van der Waals surface area contributed by atoms with Gasteiger partial charge in [-0.15, -0.1) is 11.3 Å². The minimum absolute atomic E-state index is 0.0103. The predicted molar refractivity (Wildman–Crippen MR) is 203 cm³/mol. The van der Waals surface area contributed by atoms with Crippen molar-refractivity contribution >= 4 is 46.6 Å². The first kappa shape index (κ1) is 40.7. The minimum atomic E-state index is -0.931. The van der Waals surface area contributed by atoms with Crippen LogP contribution in [0.4, 0.5) is 0 Å². The van der Waals surface area contributed by atoms with Crippen LogP contribution >= 0.6 is 22.9 Å². The highest BCUT2D eigenvalue weighted by Crippen LogP contribution is 2.31. The number of nitrogens with two attached hydrogens (primary N) is 2. The number of nitrogens with zero attached hydrogens (tertiary/aromatic N) is 2. The average molecular weight is 755 g/mol. The number of nitrogens with one attached hydrogen (secondary N) is 2. The van der Waals surface area contributed by atoms with Gasteiger partial charge in [0.15, 0.2) is 0 Å². The number of hydrogen-bond acceptors (Lipinski definition) is 9. The maximum atomic E-state index is 14.0. The van der Waals surface area contributed by atoms with E-state index in [0.717, 1.165) is 27.3 Å². The van der Waals surface area contributed by atoms with E-state index in [0.29, 0.717) is 30.0 Å². The number of amides is 4. The van der Waals surface area contributed by atoms with Crippen LogP contribution in [0.25, 0.3) is 10.4 Å². The molecule has 2 unspecified atom stereocenters. The molecule has 0 radical (unpaired) electrons. The molecule has 3 aromatic rings. The van der Waals surface area contributed by atoms with Gasteiger partial charge in [-0.2, -0.15) is 0 Å². The van der Waals surface area contributed by atoms with Gasteiger partial charge in [0.25, 0.3) is 0 Å². The first-order valence-electron chi connectivity index (χ1n) is 17.6. The molecule has 7 N–H and O–H groups in total. The van der Waals surface area contributed by atoms with Gasteiger partial charge in [0.05, 0.1) is 33.3 Å². The molecule has 1 aromatic heterocycles. The number of likely N-dealkylation sites (tertiary alicyclic amines) is 1. The molecule has 282 valence electrons. The van der Waals surface area contributed by atoms with Crippen LogP contribution in [0, 0.1) is 12.3 Å². The maximum absolute atomic E-state index is 14.0. The zero-order valence-corrected chi connectivity index (χ0v) is 32.1. The van der Waals surface area contributed by atoms with E-state index in [4.69, 9.17) is 27.8 Å². The van der Waals surface area contributed by atoms with E-state index in [-0.39, 0.29) is 56.3 Å². The van der Waals surface area contributed by atoms with Crippen LogP contribution in [-0.2, 0) is 25.6 Å². The van der Waals surface area contributed by atoms with Gasteiger partial charge in [-0.25, -0.2) is 4.98 Å². The Balaban J connectivity index is 1.34. The lowest BCUT2D eigenvalue weighted by atomic mass is 9.85. The monoisotopic (exact) mass is 754 g/mol. The van der Waals surface area contributed by atoms with Crippen molar-refractivity contribution in [1.29, 1.82) is 0 Å². The second kappa shape index (κ2) is 18.1. The van der Waals surface area contributed by atoms with Gasteiger partial charge in [-0.1, -0.05) is 68.8 Å². The summed E-state index contributed by atoms with van der Waals surface area (Å²) in [5.41, 5.74) is 16.0. The maximum Gasteiger partial charge on any atom is 0.246 e. The number of hydrogen-bond donors (Lipinski definition) is 5. The van der Waals surface area contributed by atoms with Crippen LogP contribution in [0.2, 0.25) is 5.02 Å². The number of aliphatic hydroxyl groups excluding tert-OH is 1. The molecule has 5 atom stereocenters. The van der Waals surface area contributed by atoms with E-state index >= 15 is 0 Å². The lowest BCUT2D eigenvalue weighted by molar-refractivity contribution is -0.144. The molecule has 2 aromatic carbocycles. The fraction of sp³-hybridized carbons (Fsp3) is 0.500. The SMILES string of the molecule is Cc1ncsc1-c1ccc([C@H](C)NC(=O)C2CC(O)CN2C(=O)[C@@H](NC(=O)CCCc2cccc(OC[C@@H](N)CCC(N)=O)c2Cl)C(C)(C)C)cc1. The Bertz CT molecular complexity index is 1710. The van der Waals surface area contributed by atoms with E-state index in [2.05, 4.69) is 15.6 Å². The zero-order valence-electron chi connectivity index (χ0n) is 30.5. The van der Waals surface area contributed by atoms with Gasteiger partial charge >= 0.3 is 0 Å². The average Bonchev–Trinajstić information content (AvgIpc) is 3.70. The summed E-state index contributed by atoms with van der Waals surface area (Å²) in [7, 11) is 0. The summed E-state index contributed by atoms with van der Waals surface area (Å²) in [4.78, 5) is 58.7. The second-order valence-electron chi connectivity index (χ2n) is 14.5. The summed E-state index contributed by atoms with van der Waals surface area (Å²) in [6.45, 7) is 9.55. The van der Waals surface area contributed by atoms with Crippen molar-refractivity contribution in [2.45, 2.75) is 103 Å². The number of carbonyl (C=O) groups is 4. The lowest BCUT2D eigenvalue weighted by Crippen LogP contribution is -2.57. The smallest absolute Gasteiger partial charge is 0.246 e. The van der Waals surface area contributed by atoms with Crippen molar-refractivity contribution in [3.63, 3.8) is 0 Å². The number of rotatable bonds is 16. The number of β-amino-alcohol motifs (C(OH)–C–C–N with tert-alkyl or cyclic N) is 1. The Labute approximate surface area is 314 Å². The fourth-order valence-electron chi connectivity index (χ4n) is 6.16. The van der Waals surface area contributed by atoms with Gasteiger partial charge in [-0.05, 0) is 61.3 Å². The Kier molecular flexibility index (Phi) is 14.2. The molecule has 0 bridgehead atoms. The molecule has 52 heavy (non-hydrogen) atoms. The lowest BCUT2D eigenvalue weighted by Gasteiger charge is -2.35. The van der Waals surface area contributed by atoms with Crippen molar-refractivity contribution < 1.29 is 29.0 Å². The zero-order chi connectivity index (χ0) is 38.2. The molecule has 0 aliphatic carbocycles. The van der Waals surface area contributed by atoms with Crippen molar-refractivity contribution in [3.8, 4) is 16.2 Å². The van der Waals surface area contributed by atoms with Gasteiger partial charge in [0, 0.05) is 31.8 Å². The standard InChI is InChI=1S/C38H51ClN6O6S/c1-22(24-12-14-26(15-13-24)34-23(2)42-21-52-34)43-36(49)29-18-28(46)19-45(29)37(50)35(38(3,4)5)44-32(48)11-7-9-25-8-6-10-30(33(25)39)51-20-27(40)16-17-31(41)47/h6,8,10,12-15,21-22,27-29,35,46H,7,9,11,16-20,40H2,1-5H3,(H2,41,47)(H,43,49)(H,44,48)/t22-,27-,28?,29?,35+/m0/s1. The molecule has 0 saturated carbocycles. The van der Waals surface area contributed by atoms with Crippen LogP contribution in [0.3, 0.4) is 0 Å². The number of primary amides is 1. The van der Waals surface area contributed by atoms with Gasteiger partial charge in [0.2, 0.25) is 23.6 Å². The number of aliphatic hydroxyl groups is 1. The Morgan fingerprint density at radius 2 is 1.83 bits per heavy atom. The van der Waals surface area contributed by atoms with E-state index < -0.39 is 35.4 Å². The van der Waals surface area contributed by atoms with Crippen LogP contribution in [0.15, 0.2) is 48.0 Å². The number of thiazole rings is 1. The molecule has 1 aliphatic heterocycles. The summed E-state index contributed by atoms with van der Waals surface area (Å²) in [6, 6.07) is 10.8. The first-order valence-corrected chi connectivity index (χ1v) is 18.8.